The molecule has 1 aliphatic carbocycles. The summed E-state index contributed by atoms with van der Waals surface area (Å²) in [6, 6.07) is 8.96. The Bertz CT molecular complexity index is 317. The van der Waals surface area contributed by atoms with Crippen LogP contribution in [0.4, 0.5) is 0 Å². The molecule has 1 aromatic carbocycles. The minimum atomic E-state index is 0.434. The van der Waals surface area contributed by atoms with Crippen molar-refractivity contribution in [3.05, 3.63) is 34.3 Å². The summed E-state index contributed by atoms with van der Waals surface area (Å²) in [5.74, 6) is 6.43. The number of halogens is 1. The maximum atomic E-state index is 5.67. The second kappa shape index (κ2) is 5.80. The van der Waals surface area contributed by atoms with E-state index in [-0.39, 0.29) is 0 Å². The van der Waals surface area contributed by atoms with Crippen molar-refractivity contribution in [2.75, 3.05) is 0 Å². The molecule has 1 aliphatic rings. The van der Waals surface area contributed by atoms with Gasteiger partial charge >= 0.3 is 0 Å². The lowest BCUT2D eigenvalue weighted by atomic mass is 9.93. The van der Waals surface area contributed by atoms with Crippen molar-refractivity contribution in [3.8, 4) is 0 Å². The highest BCUT2D eigenvalue weighted by atomic mass is 79.9. The first-order valence-electron chi connectivity index (χ1n) is 6.00. The van der Waals surface area contributed by atoms with E-state index in [1.807, 2.05) is 0 Å². The Kier molecular flexibility index (Phi) is 4.38. The van der Waals surface area contributed by atoms with E-state index in [1.54, 1.807) is 0 Å². The van der Waals surface area contributed by atoms with Gasteiger partial charge in [-0.2, -0.15) is 0 Å². The molecular formula is C13H19BrN2. The second-order valence-electron chi connectivity index (χ2n) is 4.65. The Morgan fingerprint density at radius 2 is 1.88 bits per heavy atom. The Hall–Kier alpha value is -0.380. The summed E-state index contributed by atoms with van der Waals surface area (Å²) >= 11 is 3.45. The third kappa shape index (κ3) is 3.06. The van der Waals surface area contributed by atoms with Gasteiger partial charge in [0.2, 0.25) is 0 Å². The molecule has 2 rings (SSSR count). The molecule has 0 spiro atoms. The fourth-order valence-electron chi connectivity index (χ4n) is 2.60. The molecule has 0 aliphatic heterocycles. The largest absolute Gasteiger partial charge is 0.271 e. The fourth-order valence-corrected chi connectivity index (χ4v) is 2.86. The molecule has 0 heterocycles. The van der Waals surface area contributed by atoms with E-state index >= 15 is 0 Å². The van der Waals surface area contributed by atoms with Crippen LogP contribution < -0.4 is 11.3 Å². The minimum absolute atomic E-state index is 0.434. The van der Waals surface area contributed by atoms with Crippen LogP contribution in [0.3, 0.4) is 0 Å². The van der Waals surface area contributed by atoms with Gasteiger partial charge in [-0.15, -0.1) is 0 Å². The average molecular weight is 283 g/mol. The van der Waals surface area contributed by atoms with Gasteiger partial charge < -0.3 is 0 Å². The van der Waals surface area contributed by atoms with Crippen LogP contribution in [-0.4, -0.2) is 6.04 Å². The minimum Gasteiger partial charge on any atom is -0.271 e. The van der Waals surface area contributed by atoms with E-state index in [4.69, 9.17) is 5.84 Å². The van der Waals surface area contributed by atoms with Crippen LogP contribution in [-0.2, 0) is 6.42 Å². The van der Waals surface area contributed by atoms with Gasteiger partial charge in [0, 0.05) is 10.5 Å². The molecule has 88 valence electrons. The first kappa shape index (κ1) is 12.1. The zero-order valence-electron chi connectivity index (χ0n) is 9.45. The zero-order valence-corrected chi connectivity index (χ0v) is 11.0. The van der Waals surface area contributed by atoms with Crippen LogP contribution in [0.2, 0.25) is 0 Å². The molecular weight excluding hydrogens is 264 g/mol. The summed E-state index contributed by atoms with van der Waals surface area (Å²) in [7, 11) is 0. The van der Waals surface area contributed by atoms with Crippen LogP contribution in [0.1, 0.15) is 31.2 Å². The van der Waals surface area contributed by atoms with Gasteiger partial charge in [-0.05, 0) is 42.9 Å². The molecule has 16 heavy (non-hydrogen) atoms. The van der Waals surface area contributed by atoms with Crippen molar-refractivity contribution < 1.29 is 0 Å². The van der Waals surface area contributed by atoms with Crippen molar-refractivity contribution in [1.82, 2.24) is 5.43 Å². The number of nitrogens with one attached hydrogen (secondary N) is 1. The Morgan fingerprint density at radius 1 is 1.25 bits per heavy atom. The summed E-state index contributed by atoms with van der Waals surface area (Å²) < 4.78 is 1.13. The third-order valence-corrected chi connectivity index (χ3v) is 4.08. The lowest BCUT2D eigenvalue weighted by molar-refractivity contribution is 0.361. The topological polar surface area (TPSA) is 38.0 Å². The summed E-state index contributed by atoms with van der Waals surface area (Å²) in [6.45, 7) is 0. The summed E-state index contributed by atoms with van der Waals surface area (Å²) in [5, 5.41) is 0. The van der Waals surface area contributed by atoms with E-state index < -0.39 is 0 Å². The van der Waals surface area contributed by atoms with Crippen molar-refractivity contribution in [3.63, 3.8) is 0 Å². The van der Waals surface area contributed by atoms with Crippen LogP contribution in [0.5, 0.6) is 0 Å². The van der Waals surface area contributed by atoms with Gasteiger partial charge in [-0.3, -0.25) is 11.3 Å². The van der Waals surface area contributed by atoms with Gasteiger partial charge in [0.25, 0.3) is 0 Å². The highest BCUT2D eigenvalue weighted by molar-refractivity contribution is 9.10. The quantitative estimate of drug-likeness (QED) is 0.658. The Labute approximate surface area is 106 Å². The standard InChI is InChI=1S/C13H19BrN2/c14-12-7-5-10(6-8-12)9-13(16-15)11-3-1-2-4-11/h5-8,11,13,16H,1-4,9,15H2. The maximum absolute atomic E-state index is 5.67. The first-order valence-corrected chi connectivity index (χ1v) is 6.79. The van der Waals surface area contributed by atoms with E-state index in [1.165, 1.54) is 31.2 Å². The zero-order chi connectivity index (χ0) is 11.4. The van der Waals surface area contributed by atoms with Gasteiger partial charge in [0.1, 0.15) is 0 Å². The normalized spacial score (nSPS) is 18.9. The molecule has 1 unspecified atom stereocenters. The van der Waals surface area contributed by atoms with Crippen molar-refractivity contribution in [2.24, 2.45) is 11.8 Å². The molecule has 1 saturated carbocycles. The lowest BCUT2D eigenvalue weighted by Gasteiger charge is -2.22. The fraction of sp³-hybridized carbons (Fsp3) is 0.538. The summed E-state index contributed by atoms with van der Waals surface area (Å²) in [5.41, 5.74) is 4.35. The van der Waals surface area contributed by atoms with E-state index in [9.17, 15) is 0 Å². The highest BCUT2D eigenvalue weighted by Gasteiger charge is 2.23. The van der Waals surface area contributed by atoms with Gasteiger partial charge in [0.15, 0.2) is 0 Å². The first-order chi connectivity index (χ1) is 7.79. The molecule has 1 atom stereocenters. The smallest absolute Gasteiger partial charge is 0.0279 e. The molecule has 0 radical (unpaired) electrons. The predicted molar refractivity (Wildman–Crippen MR) is 70.9 cm³/mol. The summed E-state index contributed by atoms with van der Waals surface area (Å²) in [6.07, 6.45) is 6.41. The molecule has 0 amide bonds. The van der Waals surface area contributed by atoms with E-state index in [2.05, 4.69) is 45.6 Å². The van der Waals surface area contributed by atoms with Crippen molar-refractivity contribution in [1.29, 1.82) is 0 Å². The van der Waals surface area contributed by atoms with E-state index in [0.29, 0.717) is 6.04 Å². The van der Waals surface area contributed by atoms with Gasteiger partial charge in [-0.1, -0.05) is 40.9 Å². The maximum Gasteiger partial charge on any atom is 0.0279 e. The predicted octanol–water partition coefficient (Wildman–Crippen LogP) is 3.01. The molecule has 0 saturated heterocycles. The SMILES string of the molecule is NNC(Cc1ccc(Br)cc1)C1CCCC1. The number of hydrogen-bond donors (Lipinski definition) is 2. The van der Waals surface area contributed by atoms with Crippen molar-refractivity contribution in [2.45, 2.75) is 38.1 Å². The monoisotopic (exact) mass is 282 g/mol. The van der Waals surface area contributed by atoms with Crippen LogP contribution >= 0.6 is 15.9 Å². The van der Waals surface area contributed by atoms with Gasteiger partial charge in [0.05, 0.1) is 0 Å². The molecule has 2 nitrogen and oxygen atoms in total. The number of rotatable bonds is 4. The Balaban J connectivity index is 1.97. The van der Waals surface area contributed by atoms with Crippen molar-refractivity contribution >= 4 is 15.9 Å². The van der Waals surface area contributed by atoms with Crippen LogP contribution in [0, 0.1) is 5.92 Å². The number of benzene rings is 1. The number of hydrazine groups is 1. The van der Waals surface area contributed by atoms with E-state index in [0.717, 1.165) is 16.8 Å². The summed E-state index contributed by atoms with van der Waals surface area (Å²) in [4.78, 5) is 0. The second-order valence-corrected chi connectivity index (χ2v) is 5.56. The molecule has 3 N–H and O–H groups in total. The van der Waals surface area contributed by atoms with Crippen LogP contribution in [0.15, 0.2) is 28.7 Å². The average Bonchev–Trinajstić information content (AvgIpc) is 2.82. The highest BCUT2D eigenvalue weighted by Crippen LogP contribution is 2.29. The Morgan fingerprint density at radius 3 is 2.44 bits per heavy atom. The number of hydrogen-bond acceptors (Lipinski definition) is 2. The van der Waals surface area contributed by atoms with Gasteiger partial charge in [-0.25, -0.2) is 0 Å². The molecule has 0 aromatic heterocycles. The molecule has 1 fully saturated rings. The molecule has 1 aromatic rings. The molecule has 0 bridgehead atoms. The lowest BCUT2D eigenvalue weighted by Crippen LogP contribution is -2.41. The molecule has 3 heteroatoms. The number of nitrogens with two attached hydrogens (primary N) is 1. The third-order valence-electron chi connectivity index (χ3n) is 3.55. The van der Waals surface area contributed by atoms with Crippen LogP contribution in [0.25, 0.3) is 0 Å².